The first-order chi connectivity index (χ1) is 11.0. The van der Waals surface area contributed by atoms with Gasteiger partial charge in [-0.15, -0.1) is 0 Å². The number of nitrogens with one attached hydrogen (secondary N) is 1. The second-order valence-corrected chi connectivity index (χ2v) is 6.80. The normalized spacial score (nSPS) is 16.5. The molecule has 2 aromatic carbocycles. The highest BCUT2D eigenvalue weighted by Gasteiger charge is 2.34. The lowest BCUT2D eigenvalue weighted by Crippen LogP contribution is -2.28. The number of hydrogen-bond acceptors (Lipinski definition) is 3. The molecule has 0 unspecified atom stereocenters. The molecule has 0 atom stereocenters. The standard InChI is InChI=1S/C17H12Cl2N2OS/c1-10-5-2-3-8-13(10)21-16(22)14(23-17(21)20)9-11-6-4-7-12(18)15(11)19/h2-9,20H,1H3/b14-9-,20-17?. The summed E-state index contributed by atoms with van der Waals surface area (Å²) in [6.07, 6.45) is 1.67. The zero-order valence-corrected chi connectivity index (χ0v) is 14.5. The van der Waals surface area contributed by atoms with Crippen molar-refractivity contribution in [1.82, 2.24) is 0 Å². The summed E-state index contributed by atoms with van der Waals surface area (Å²) in [5, 5.41) is 9.14. The van der Waals surface area contributed by atoms with Crippen molar-refractivity contribution in [3.8, 4) is 0 Å². The highest BCUT2D eigenvalue weighted by Crippen LogP contribution is 2.37. The second-order valence-electron chi connectivity index (χ2n) is 4.99. The van der Waals surface area contributed by atoms with E-state index in [1.54, 1.807) is 24.3 Å². The van der Waals surface area contributed by atoms with Crippen molar-refractivity contribution < 1.29 is 4.79 Å². The van der Waals surface area contributed by atoms with Gasteiger partial charge < -0.3 is 0 Å². The smallest absolute Gasteiger partial charge is 0.271 e. The molecule has 0 aliphatic carbocycles. The third kappa shape index (κ3) is 3.02. The Bertz CT molecular complexity index is 848. The average Bonchev–Trinajstić information content (AvgIpc) is 2.79. The molecule has 3 rings (SSSR count). The predicted octanol–water partition coefficient (Wildman–Crippen LogP) is 5.36. The van der Waals surface area contributed by atoms with Crippen LogP contribution in [0.3, 0.4) is 0 Å². The number of halogens is 2. The molecule has 0 aromatic heterocycles. The molecule has 1 amide bonds. The summed E-state index contributed by atoms with van der Waals surface area (Å²) in [7, 11) is 0. The van der Waals surface area contributed by atoms with Crippen LogP contribution in [-0.2, 0) is 4.79 Å². The SMILES string of the molecule is Cc1ccccc1N1C(=N)S/C(=C\c2cccc(Cl)c2Cl)C1=O. The number of thioether (sulfide) groups is 1. The van der Waals surface area contributed by atoms with Gasteiger partial charge in [0.1, 0.15) is 0 Å². The maximum absolute atomic E-state index is 12.7. The highest BCUT2D eigenvalue weighted by molar-refractivity contribution is 8.19. The van der Waals surface area contributed by atoms with Crippen LogP contribution < -0.4 is 4.90 Å². The Kier molecular flexibility index (Phi) is 4.48. The number of amides is 1. The number of carbonyl (C=O) groups is 1. The van der Waals surface area contributed by atoms with Crippen molar-refractivity contribution in [2.75, 3.05) is 4.90 Å². The van der Waals surface area contributed by atoms with Gasteiger partial charge in [-0.3, -0.25) is 15.1 Å². The van der Waals surface area contributed by atoms with E-state index in [0.29, 0.717) is 20.5 Å². The number of carbonyl (C=O) groups excluding carboxylic acids is 1. The molecule has 0 bridgehead atoms. The molecular weight excluding hydrogens is 351 g/mol. The highest BCUT2D eigenvalue weighted by atomic mass is 35.5. The van der Waals surface area contributed by atoms with E-state index < -0.39 is 0 Å². The third-order valence-corrected chi connectivity index (χ3v) is 5.17. The van der Waals surface area contributed by atoms with Crippen molar-refractivity contribution in [3.05, 3.63) is 68.5 Å². The Morgan fingerprint density at radius 3 is 2.61 bits per heavy atom. The summed E-state index contributed by atoms with van der Waals surface area (Å²) >= 11 is 13.3. The summed E-state index contributed by atoms with van der Waals surface area (Å²) in [6.45, 7) is 1.91. The first-order valence-corrected chi connectivity index (χ1v) is 8.38. The summed E-state index contributed by atoms with van der Waals surface area (Å²) < 4.78 is 0. The Morgan fingerprint density at radius 1 is 1.13 bits per heavy atom. The third-order valence-electron chi connectivity index (χ3n) is 3.45. The van der Waals surface area contributed by atoms with Crippen molar-refractivity contribution in [2.24, 2.45) is 0 Å². The van der Waals surface area contributed by atoms with Gasteiger partial charge in [0.25, 0.3) is 5.91 Å². The van der Waals surface area contributed by atoms with Gasteiger partial charge in [0, 0.05) is 0 Å². The van der Waals surface area contributed by atoms with Crippen LogP contribution in [0.15, 0.2) is 47.4 Å². The minimum absolute atomic E-state index is 0.175. The predicted molar refractivity (Wildman–Crippen MR) is 98.4 cm³/mol. The van der Waals surface area contributed by atoms with Gasteiger partial charge in [0.05, 0.1) is 20.6 Å². The van der Waals surface area contributed by atoms with Gasteiger partial charge >= 0.3 is 0 Å². The van der Waals surface area contributed by atoms with E-state index in [9.17, 15) is 4.79 Å². The molecule has 1 aliphatic heterocycles. The van der Waals surface area contributed by atoms with Gasteiger partial charge in [0.2, 0.25) is 0 Å². The number of para-hydroxylation sites is 1. The van der Waals surface area contributed by atoms with Gasteiger partial charge in [-0.2, -0.15) is 0 Å². The number of rotatable bonds is 2. The topological polar surface area (TPSA) is 44.2 Å². The molecule has 1 saturated heterocycles. The monoisotopic (exact) mass is 362 g/mol. The maximum atomic E-state index is 12.7. The Hall–Kier alpha value is -1.75. The van der Waals surface area contributed by atoms with E-state index in [-0.39, 0.29) is 11.1 Å². The molecule has 1 aliphatic rings. The fourth-order valence-corrected chi connectivity index (χ4v) is 3.50. The molecule has 0 radical (unpaired) electrons. The van der Waals surface area contributed by atoms with Crippen LogP contribution in [0, 0.1) is 12.3 Å². The van der Waals surface area contributed by atoms with E-state index in [0.717, 1.165) is 23.0 Å². The molecule has 2 aromatic rings. The summed E-state index contributed by atoms with van der Waals surface area (Å²) in [5.41, 5.74) is 2.32. The van der Waals surface area contributed by atoms with Crippen molar-refractivity contribution >= 4 is 57.8 Å². The van der Waals surface area contributed by atoms with Crippen LogP contribution in [0.25, 0.3) is 6.08 Å². The van der Waals surface area contributed by atoms with E-state index >= 15 is 0 Å². The molecule has 3 nitrogen and oxygen atoms in total. The van der Waals surface area contributed by atoms with Crippen LogP contribution in [-0.4, -0.2) is 11.1 Å². The van der Waals surface area contributed by atoms with Crippen molar-refractivity contribution in [1.29, 1.82) is 5.41 Å². The lowest BCUT2D eigenvalue weighted by Gasteiger charge is -2.16. The lowest BCUT2D eigenvalue weighted by molar-refractivity contribution is -0.113. The summed E-state index contributed by atoms with van der Waals surface area (Å²) in [5.74, 6) is -0.231. The molecule has 1 N–H and O–H groups in total. The van der Waals surface area contributed by atoms with Gasteiger partial charge in [-0.25, -0.2) is 0 Å². The molecule has 0 spiro atoms. The second kappa shape index (κ2) is 6.40. The van der Waals surface area contributed by atoms with Gasteiger partial charge in [0.15, 0.2) is 5.17 Å². The Balaban J connectivity index is 2.00. The molecule has 23 heavy (non-hydrogen) atoms. The van der Waals surface area contributed by atoms with E-state index in [1.165, 1.54) is 4.90 Å². The fraction of sp³-hybridized carbons (Fsp3) is 0.0588. The van der Waals surface area contributed by atoms with Crippen molar-refractivity contribution in [2.45, 2.75) is 6.92 Å². The first-order valence-electron chi connectivity index (χ1n) is 6.81. The number of hydrogen-bond donors (Lipinski definition) is 1. The Morgan fingerprint density at radius 2 is 1.87 bits per heavy atom. The van der Waals surface area contributed by atoms with E-state index in [1.807, 2.05) is 31.2 Å². The molecular formula is C17H12Cl2N2OS. The van der Waals surface area contributed by atoms with Crippen LogP contribution in [0.4, 0.5) is 5.69 Å². The average molecular weight is 363 g/mol. The molecule has 116 valence electrons. The summed E-state index contributed by atoms with van der Waals surface area (Å²) in [4.78, 5) is 14.5. The number of aryl methyl sites for hydroxylation is 1. The van der Waals surface area contributed by atoms with Gasteiger partial charge in [-0.1, -0.05) is 53.5 Å². The Labute approximate surface area is 148 Å². The first kappa shape index (κ1) is 16.1. The largest absolute Gasteiger partial charge is 0.278 e. The quantitative estimate of drug-likeness (QED) is 0.731. The lowest BCUT2D eigenvalue weighted by atomic mass is 10.1. The number of amidine groups is 1. The van der Waals surface area contributed by atoms with Crippen molar-refractivity contribution in [3.63, 3.8) is 0 Å². The minimum Gasteiger partial charge on any atom is -0.278 e. The van der Waals surface area contributed by atoms with Crippen LogP contribution in [0.2, 0.25) is 10.0 Å². The minimum atomic E-state index is -0.231. The molecule has 6 heteroatoms. The maximum Gasteiger partial charge on any atom is 0.271 e. The molecule has 1 fully saturated rings. The zero-order valence-electron chi connectivity index (χ0n) is 12.1. The van der Waals surface area contributed by atoms with Crippen LogP contribution >= 0.6 is 35.0 Å². The van der Waals surface area contributed by atoms with E-state index in [2.05, 4.69) is 0 Å². The zero-order chi connectivity index (χ0) is 16.6. The van der Waals surface area contributed by atoms with Crippen LogP contribution in [0.1, 0.15) is 11.1 Å². The molecule has 0 saturated carbocycles. The molecule has 1 heterocycles. The number of nitrogens with zero attached hydrogens (tertiary/aromatic N) is 1. The van der Waals surface area contributed by atoms with Crippen LogP contribution in [0.5, 0.6) is 0 Å². The number of benzene rings is 2. The summed E-state index contributed by atoms with van der Waals surface area (Å²) in [6, 6.07) is 12.7. The van der Waals surface area contributed by atoms with Gasteiger partial charge in [-0.05, 0) is 48.0 Å². The van der Waals surface area contributed by atoms with E-state index in [4.69, 9.17) is 28.6 Å². The fourth-order valence-electron chi connectivity index (χ4n) is 2.29. The number of anilines is 1.